The van der Waals surface area contributed by atoms with Crippen LogP contribution in [0.1, 0.15) is 26.7 Å². The SMILES string of the molecule is [B][B]B([B])/C(C[Si](C)(C)O[Si](C)(C)O[Si](C)(C)C/C([B])=C(/[B][B])CC)=C(/CC)B([B])[B]. The van der Waals surface area contributed by atoms with Crippen LogP contribution < -0.4 is 0 Å². The monoisotopic (exact) mass is 450 g/mol. The normalized spacial score (nSPS) is 14.5. The summed E-state index contributed by atoms with van der Waals surface area (Å²) < 4.78 is 13.4. The molecule has 0 atom stereocenters. The summed E-state index contributed by atoms with van der Waals surface area (Å²) in [6.45, 7) is 16.0. The Morgan fingerprint density at radius 3 is 1.65 bits per heavy atom. The van der Waals surface area contributed by atoms with E-state index in [4.69, 9.17) is 54.8 Å². The lowest BCUT2D eigenvalue weighted by Crippen LogP contribution is -2.53. The zero-order valence-electron chi connectivity index (χ0n) is 20.9. The second-order valence-electron chi connectivity index (χ2n) is 9.70. The predicted octanol–water partition coefficient (Wildman–Crippen LogP) is 1.76. The molecule has 0 aliphatic carbocycles. The van der Waals surface area contributed by atoms with Crippen molar-refractivity contribution in [3.63, 3.8) is 0 Å². The minimum Gasteiger partial charge on any atom is -0.436 e. The standard InChI is InChI=1S/C16H32B10O2Si3/c1-9-14(23-18)13(17)11-29(3,4)27-31(7,8)28-30(5,6)12-16(26(22)24-19)15(10-2)25(20)21/h9-12H2,1-8H3/b14-13-,16-15-. The third-order valence-electron chi connectivity index (χ3n) is 5.08. The van der Waals surface area contributed by atoms with Gasteiger partial charge >= 0.3 is 8.56 Å². The second-order valence-corrected chi connectivity index (χ2v) is 21.9. The van der Waals surface area contributed by atoms with E-state index in [9.17, 15) is 0 Å². The fourth-order valence-corrected chi connectivity index (χ4v) is 18.4. The van der Waals surface area contributed by atoms with Crippen molar-refractivity contribution in [2.45, 2.75) is 78.1 Å². The number of hydrogen-bond acceptors (Lipinski definition) is 2. The van der Waals surface area contributed by atoms with Crippen LogP contribution in [0.3, 0.4) is 0 Å². The molecule has 0 bridgehead atoms. The summed E-state index contributed by atoms with van der Waals surface area (Å²) >= 11 is 0. The van der Waals surface area contributed by atoms with E-state index >= 15 is 0 Å². The van der Waals surface area contributed by atoms with Crippen molar-refractivity contribution in [2.75, 3.05) is 0 Å². The Balaban J connectivity index is 5.60. The van der Waals surface area contributed by atoms with Gasteiger partial charge in [-0.1, -0.05) is 13.8 Å². The van der Waals surface area contributed by atoms with Gasteiger partial charge in [-0.15, -0.1) is 21.9 Å². The molecule has 31 heavy (non-hydrogen) atoms. The first-order valence-corrected chi connectivity index (χ1v) is 20.1. The fraction of sp³-hybridized carbons (Fsp3) is 0.750. The largest absolute Gasteiger partial charge is 0.436 e. The molecule has 15 heteroatoms. The van der Waals surface area contributed by atoms with Crippen molar-refractivity contribution in [1.29, 1.82) is 0 Å². The smallest absolute Gasteiger partial charge is 0.311 e. The minimum absolute atomic E-state index is 0.402. The van der Waals surface area contributed by atoms with E-state index in [0.717, 1.165) is 34.7 Å². The number of rotatable bonds is 14. The highest BCUT2D eigenvalue weighted by atomic mass is 28.5. The van der Waals surface area contributed by atoms with Crippen molar-refractivity contribution in [3.05, 3.63) is 21.9 Å². The molecule has 0 aromatic rings. The van der Waals surface area contributed by atoms with Crippen LogP contribution in [0.5, 0.6) is 0 Å². The lowest BCUT2D eigenvalue weighted by Gasteiger charge is -2.40. The Hall–Kier alpha value is 0.700. The van der Waals surface area contributed by atoms with Crippen LogP contribution in [0.15, 0.2) is 21.9 Å². The summed E-state index contributed by atoms with van der Waals surface area (Å²) in [5, 5.41) is 0. The van der Waals surface area contributed by atoms with Gasteiger partial charge in [0.05, 0.1) is 20.2 Å². The highest BCUT2D eigenvalue weighted by Gasteiger charge is 2.40. The third kappa shape index (κ3) is 11.6. The summed E-state index contributed by atoms with van der Waals surface area (Å²) in [5.41, 5.74) is 3.71. The zero-order valence-corrected chi connectivity index (χ0v) is 23.9. The van der Waals surface area contributed by atoms with E-state index < -0.39 is 38.2 Å². The average molecular weight is 449 g/mol. The van der Waals surface area contributed by atoms with Crippen molar-refractivity contribution in [1.82, 2.24) is 0 Å². The van der Waals surface area contributed by atoms with E-state index in [1.807, 2.05) is 13.8 Å². The van der Waals surface area contributed by atoms with Crippen LogP contribution in [0.2, 0.25) is 51.4 Å². The van der Waals surface area contributed by atoms with Gasteiger partial charge in [0.2, 0.25) is 0 Å². The first kappa shape index (κ1) is 31.7. The van der Waals surface area contributed by atoms with Crippen molar-refractivity contribution in [2.24, 2.45) is 0 Å². The molecule has 0 fully saturated rings. The van der Waals surface area contributed by atoms with Gasteiger partial charge in [-0.2, -0.15) is 0 Å². The molecule has 0 unspecified atom stereocenters. The molecule has 0 saturated heterocycles. The van der Waals surface area contributed by atoms with E-state index in [-0.39, 0.29) is 0 Å². The zero-order chi connectivity index (χ0) is 24.6. The second kappa shape index (κ2) is 13.6. The molecule has 0 spiro atoms. The van der Waals surface area contributed by atoms with E-state index in [0.29, 0.717) is 12.1 Å². The summed E-state index contributed by atoms with van der Waals surface area (Å²) in [4.78, 5) is 0. The van der Waals surface area contributed by atoms with Gasteiger partial charge < -0.3 is 8.23 Å². The van der Waals surface area contributed by atoms with Gasteiger partial charge in [0.15, 0.2) is 16.6 Å². The molecule has 0 aromatic heterocycles. The molecule has 0 N–H and O–H groups in total. The molecule has 0 aliphatic heterocycles. The first-order chi connectivity index (χ1) is 14.0. The topological polar surface area (TPSA) is 18.5 Å². The van der Waals surface area contributed by atoms with Crippen LogP contribution >= 0.6 is 0 Å². The summed E-state index contributed by atoms with van der Waals surface area (Å²) in [6.07, 6.45) is 1.53. The lowest BCUT2D eigenvalue weighted by atomic mass is 9.01. The number of hydrogen-bond donors (Lipinski definition) is 0. The molecule has 14 radical (unpaired) electrons. The Labute approximate surface area is 206 Å². The van der Waals surface area contributed by atoms with Gasteiger partial charge in [-0.25, -0.2) is 0 Å². The third-order valence-corrected chi connectivity index (χ3v) is 15.9. The van der Waals surface area contributed by atoms with Crippen LogP contribution in [0.4, 0.5) is 0 Å². The van der Waals surface area contributed by atoms with Gasteiger partial charge in [0.1, 0.15) is 7.85 Å². The van der Waals surface area contributed by atoms with Crippen molar-refractivity contribution in [3.8, 4) is 0 Å². The maximum absolute atomic E-state index is 6.73. The molecule has 0 heterocycles. The minimum atomic E-state index is -2.44. The van der Waals surface area contributed by atoms with Crippen molar-refractivity contribution >= 4 is 98.9 Å². The van der Waals surface area contributed by atoms with Crippen molar-refractivity contribution < 1.29 is 8.23 Å². The molecule has 0 aliphatic rings. The van der Waals surface area contributed by atoms with Crippen LogP contribution in [-0.4, -0.2) is 98.9 Å². The molecule has 150 valence electrons. The van der Waals surface area contributed by atoms with Crippen LogP contribution in [0, 0.1) is 0 Å². The molecule has 0 rings (SSSR count). The Morgan fingerprint density at radius 2 is 1.29 bits per heavy atom. The maximum Gasteiger partial charge on any atom is 0.311 e. The molecular weight excluding hydrogens is 417 g/mol. The molecule has 0 amide bonds. The van der Waals surface area contributed by atoms with Crippen LogP contribution in [-0.2, 0) is 8.23 Å². The van der Waals surface area contributed by atoms with Gasteiger partial charge in [-0.05, 0) is 64.2 Å². The van der Waals surface area contributed by atoms with Gasteiger partial charge in [0.25, 0.3) is 0 Å². The van der Waals surface area contributed by atoms with Gasteiger partial charge in [0, 0.05) is 45.7 Å². The molecule has 0 aromatic carbocycles. The Bertz CT molecular complexity index is 635. The number of allylic oxidation sites excluding steroid dienone is 4. The summed E-state index contributed by atoms with van der Waals surface area (Å²) in [6, 6.07) is 1.41. The molecule has 0 saturated carbocycles. The fourth-order valence-electron chi connectivity index (χ4n) is 4.15. The quantitative estimate of drug-likeness (QED) is 0.377. The Morgan fingerprint density at radius 1 is 0.806 bits per heavy atom. The Kier molecular flexibility index (Phi) is 13.9. The van der Waals surface area contributed by atoms with Crippen LogP contribution in [0.25, 0.3) is 0 Å². The molecular formula is C16H32B10O2Si3. The molecule has 2 nitrogen and oxygen atoms in total. The predicted molar refractivity (Wildman–Crippen MR) is 156 cm³/mol. The van der Waals surface area contributed by atoms with E-state index in [1.165, 1.54) is 7.06 Å². The van der Waals surface area contributed by atoms with E-state index in [1.54, 1.807) is 7.17 Å². The van der Waals surface area contributed by atoms with Gasteiger partial charge in [-0.3, -0.25) is 0 Å². The average Bonchev–Trinajstić information content (AvgIpc) is 2.58. The highest BCUT2D eigenvalue weighted by Crippen LogP contribution is 2.30. The lowest BCUT2D eigenvalue weighted by molar-refractivity contribution is 0.391. The maximum atomic E-state index is 6.73. The summed E-state index contributed by atoms with van der Waals surface area (Å²) in [5.74, 6) is 0. The summed E-state index contributed by atoms with van der Waals surface area (Å²) in [7, 11) is 32.4. The first-order valence-electron chi connectivity index (χ1n) is 11.0. The van der Waals surface area contributed by atoms with E-state index in [2.05, 4.69) is 39.3 Å². The highest BCUT2D eigenvalue weighted by molar-refractivity contribution is 7.49.